The van der Waals surface area contributed by atoms with Crippen molar-refractivity contribution in [2.24, 2.45) is 0 Å². The number of aromatic nitrogens is 3. The lowest BCUT2D eigenvalue weighted by Crippen LogP contribution is -1.93. The number of hydrogen-bond acceptors (Lipinski definition) is 6. The van der Waals surface area contributed by atoms with Gasteiger partial charge in [-0.25, -0.2) is 4.98 Å². The molecule has 1 aromatic heterocycles. The molecule has 23 heavy (non-hydrogen) atoms. The van der Waals surface area contributed by atoms with Gasteiger partial charge in [-0.15, -0.1) is 5.10 Å². The highest BCUT2D eigenvalue weighted by Gasteiger charge is 2.18. The molecule has 3 rings (SSSR count). The number of hydrogen-bond donors (Lipinski definition) is 1. The van der Waals surface area contributed by atoms with E-state index in [0.29, 0.717) is 22.2 Å². The van der Waals surface area contributed by atoms with Gasteiger partial charge >= 0.3 is 0 Å². The maximum atomic E-state index is 11.1. The Morgan fingerprint density at radius 1 is 1.17 bits per heavy atom. The van der Waals surface area contributed by atoms with Gasteiger partial charge in [0.25, 0.3) is 5.69 Å². The average Bonchev–Trinajstić information content (AvgIpc) is 3.04. The smallest absolute Gasteiger partial charge is 0.284 e. The quantitative estimate of drug-likeness (QED) is 0.438. The van der Waals surface area contributed by atoms with Gasteiger partial charge in [0, 0.05) is 17.2 Å². The third kappa shape index (κ3) is 3.27. The molecule has 0 bridgehead atoms. The molecule has 2 aromatic carbocycles. The number of nitro benzene ring substituents is 1. The number of carbonyl (C=O) groups is 1. The zero-order chi connectivity index (χ0) is 16.2. The molecule has 0 aliphatic rings. The monoisotopic (exact) mass is 326 g/mol. The van der Waals surface area contributed by atoms with E-state index < -0.39 is 4.92 Å². The fourth-order valence-electron chi connectivity index (χ4n) is 1.95. The van der Waals surface area contributed by atoms with Crippen LogP contribution in [0.2, 0.25) is 0 Å². The molecule has 0 aliphatic carbocycles. The molecule has 8 heteroatoms. The molecule has 0 aliphatic heterocycles. The molecular weight excluding hydrogens is 316 g/mol. The van der Waals surface area contributed by atoms with E-state index in [9.17, 15) is 14.9 Å². The van der Waals surface area contributed by atoms with E-state index in [1.54, 1.807) is 0 Å². The molecule has 0 fully saturated rings. The topological polar surface area (TPSA) is 102 Å². The number of nitrogens with zero attached hydrogens (tertiary/aromatic N) is 3. The van der Waals surface area contributed by atoms with Gasteiger partial charge in [0.15, 0.2) is 5.82 Å². The Morgan fingerprint density at radius 2 is 1.96 bits per heavy atom. The summed E-state index contributed by atoms with van der Waals surface area (Å²) in [5.41, 5.74) is 0.976. The van der Waals surface area contributed by atoms with Crippen LogP contribution >= 0.6 is 11.8 Å². The summed E-state index contributed by atoms with van der Waals surface area (Å²) >= 11 is 1.07. The van der Waals surface area contributed by atoms with Crippen molar-refractivity contribution >= 4 is 23.7 Å². The van der Waals surface area contributed by atoms with Gasteiger partial charge < -0.3 is 0 Å². The molecule has 7 nitrogen and oxygen atoms in total. The van der Waals surface area contributed by atoms with E-state index in [0.717, 1.165) is 17.3 Å². The summed E-state index contributed by atoms with van der Waals surface area (Å²) in [6.45, 7) is 0. The van der Waals surface area contributed by atoms with Crippen LogP contribution in [-0.4, -0.2) is 26.4 Å². The van der Waals surface area contributed by atoms with E-state index in [-0.39, 0.29) is 11.3 Å². The third-order valence-corrected chi connectivity index (χ3v) is 3.96. The largest absolute Gasteiger partial charge is 0.298 e. The van der Waals surface area contributed by atoms with Crippen molar-refractivity contribution in [1.82, 2.24) is 15.2 Å². The molecule has 0 saturated heterocycles. The Morgan fingerprint density at radius 3 is 2.65 bits per heavy atom. The first-order chi connectivity index (χ1) is 11.2. The molecule has 0 spiro atoms. The predicted octanol–water partition coefficient (Wildman–Crippen LogP) is 3.34. The van der Waals surface area contributed by atoms with Gasteiger partial charge in [-0.2, -0.15) is 0 Å². The van der Waals surface area contributed by atoms with Gasteiger partial charge in [-0.3, -0.25) is 20.0 Å². The molecule has 114 valence electrons. The van der Waals surface area contributed by atoms with E-state index in [1.807, 2.05) is 30.3 Å². The zero-order valence-corrected chi connectivity index (χ0v) is 12.5. The van der Waals surface area contributed by atoms with Gasteiger partial charge in [-0.1, -0.05) is 36.4 Å². The fourth-order valence-corrected chi connectivity index (χ4v) is 2.75. The molecule has 1 heterocycles. The summed E-state index contributed by atoms with van der Waals surface area (Å²) in [7, 11) is 0. The predicted molar refractivity (Wildman–Crippen MR) is 84.4 cm³/mol. The first-order valence-electron chi connectivity index (χ1n) is 6.56. The normalized spacial score (nSPS) is 10.4. The second kappa shape index (κ2) is 6.41. The molecule has 0 unspecified atom stereocenters. The van der Waals surface area contributed by atoms with Crippen molar-refractivity contribution in [3.05, 3.63) is 64.2 Å². The second-order valence-electron chi connectivity index (χ2n) is 4.54. The zero-order valence-electron chi connectivity index (χ0n) is 11.7. The van der Waals surface area contributed by atoms with Crippen molar-refractivity contribution in [2.45, 2.75) is 10.1 Å². The number of rotatable bonds is 5. The Bertz CT molecular complexity index is 864. The maximum absolute atomic E-state index is 11.1. The fraction of sp³-hybridized carbons (Fsp3) is 0. The first kappa shape index (κ1) is 14.9. The van der Waals surface area contributed by atoms with Crippen LogP contribution in [0.25, 0.3) is 11.4 Å². The van der Waals surface area contributed by atoms with Crippen molar-refractivity contribution < 1.29 is 9.72 Å². The van der Waals surface area contributed by atoms with Crippen LogP contribution in [0.1, 0.15) is 10.4 Å². The molecular formula is C15H10N4O3S. The molecule has 0 radical (unpaired) electrons. The van der Waals surface area contributed by atoms with E-state index in [1.165, 1.54) is 18.2 Å². The number of aldehydes is 1. The average molecular weight is 326 g/mol. The van der Waals surface area contributed by atoms with Gasteiger partial charge in [0.1, 0.15) is 6.29 Å². The number of H-pyrrole nitrogens is 1. The van der Waals surface area contributed by atoms with Crippen LogP contribution in [0.5, 0.6) is 0 Å². The second-order valence-corrected chi connectivity index (χ2v) is 5.55. The van der Waals surface area contributed by atoms with Crippen molar-refractivity contribution in [3.8, 4) is 11.4 Å². The van der Waals surface area contributed by atoms with Crippen LogP contribution in [-0.2, 0) is 0 Å². The minimum atomic E-state index is -0.528. The lowest BCUT2D eigenvalue weighted by atomic mass is 10.2. The first-order valence-corrected chi connectivity index (χ1v) is 7.38. The number of nitro groups is 1. The van der Waals surface area contributed by atoms with Crippen molar-refractivity contribution in [1.29, 1.82) is 0 Å². The summed E-state index contributed by atoms with van der Waals surface area (Å²) in [5.74, 6) is 0.584. The summed E-state index contributed by atoms with van der Waals surface area (Å²) in [5, 5.41) is 18.4. The van der Waals surface area contributed by atoms with Gasteiger partial charge in [-0.05, 0) is 17.8 Å². The number of benzene rings is 2. The number of carbonyl (C=O) groups excluding carboxylic acids is 1. The summed E-state index contributed by atoms with van der Waals surface area (Å²) in [6, 6.07) is 13.7. The van der Waals surface area contributed by atoms with Crippen LogP contribution in [0.3, 0.4) is 0 Å². The maximum Gasteiger partial charge on any atom is 0.284 e. The highest BCUT2D eigenvalue weighted by molar-refractivity contribution is 7.99. The molecule has 3 aromatic rings. The van der Waals surface area contributed by atoms with Crippen LogP contribution in [0.4, 0.5) is 5.69 Å². The lowest BCUT2D eigenvalue weighted by molar-refractivity contribution is -0.387. The molecule has 1 N–H and O–H groups in total. The van der Waals surface area contributed by atoms with E-state index >= 15 is 0 Å². The standard InChI is InChI=1S/C15H10N4O3S/c20-9-10-6-7-13(12(8-10)19(21)22)23-15-16-14(17-18-15)11-4-2-1-3-5-11/h1-9H,(H,16,17,18). The van der Waals surface area contributed by atoms with E-state index in [2.05, 4.69) is 15.2 Å². The van der Waals surface area contributed by atoms with Crippen LogP contribution < -0.4 is 0 Å². The Hall–Kier alpha value is -3.00. The summed E-state index contributed by atoms with van der Waals surface area (Å²) in [4.78, 5) is 26.1. The molecule has 0 saturated carbocycles. The lowest BCUT2D eigenvalue weighted by Gasteiger charge is -2.00. The molecule has 0 amide bonds. The van der Waals surface area contributed by atoms with Gasteiger partial charge in [0.2, 0.25) is 5.16 Å². The highest BCUT2D eigenvalue weighted by Crippen LogP contribution is 2.34. The van der Waals surface area contributed by atoms with Gasteiger partial charge in [0.05, 0.1) is 9.82 Å². The van der Waals surface area contributed by atoms with Crippen molar-refractivity contribution in [2.75, 3.05) is 0 Å². The highest BCUT2D eigenvalue weighted by atomic mass is 32.2. The SMILES string of the molecule is O=Cc1ccc(Sc2n[nH]c(-c3ccccc3)n2)c([N+](=O)[O-])c1. The van der Waals surface area contributed by atoms with Crippen LogP contribution in [0.15, 0.2) is 58.6 Å². The Labute approximate surface area is 134 Å². The van der Waals surface area contributed by atoms with Crippen LogP contribution in [0, 0.1) is 10.1 Å². The third-order valence-electron chi connectivity index (χ3n) is 3.03. The Balaban J connectivity index is 1.90. The van der Waals surface area contributed by atoms with E-state index in [4.69, 9.17) is 0 Å². The minimum Gasteiger partial charge on any atom is -0.298 e. The summed E-state index contributed by atoms with van der Waals surface area (Å²) < 4.78 is 0. The van der Waals surface area contributed by atoms with Crippen molar-refractivity contribution in [3.63, 3.8) is 0 Å². The molecule has 0 atom stereocenters. The minimum absolute atomic E-state index is 0.148. The Kier molecular flexibility index (Phi) is 4.15. The number of aromatic amines is 1. The summed E-state index contributed by atoms with van der Waals surface area (Å²) in [6.07, 6.45) is 0.571. The number of nitrogens with one attached hydrogen (secondary N) is 1.